The molecule has 0 radical (unpaired) electrons. The number of nitrogens with zero attached hydrogens (tertiary/aromatic N) is 3. The predicted octanol–water partition coefficient (Wildman–Crippen LogP) is 0.502. The number of nitrogens with one attached hydrogen (secondary N) is 1. The summed E-state index contributed by atoms with van der Waals surface area (Å²) in [6.45, 7) is 3.14. The maximum Gasteiger partial charge on any atom is 0.141 e. The summed E-state index contributed by atoms with van der Waals surface area (Å²) in [5, 5.41) is 7.40. The van der Waals surface area contributed by atoms with E-state index in [1.807, 2.05) is 12.1 Å². The normalized spacial score (nSPS) is 20.5. The van der Waals surface area contributed by atoms with Crippen molar-refractivity contribution in [3.63, 3.8) is 0 Å². The molecule has 98 valence electrons. The van der Waals surface area contributed by atoms with Crippen LogP contribution in [0.15, 0.2) is 18.3 Å². The lowest BCUT2D eigenvalue weighted by molar-refractivity contribution is 0.264. The molecule has 1 aliphatic heterocycles. The molecule has 3 N–H and O–H groups in total. The SMILES string of the molecule is CN(C)C1CCN(Cc2ccnc(C(=N)N)c2)C1. The number of hydrogen-bond acceptors (Lipinski definition) is 4. The van der Waals surface area contributed by atoms with Gasteiger partial charge in [0.25, 0.3) is 0 Å². The Kier molecular flexibility index (Phi) is 3.93. The fraction of sp³-hybridized carbons (Fsp3) is 0.538. The Labute approximate surface area is 108 Å². The van der Waals surface area contributed by atoms with E-state index in [0.29, 0.717) is 11.7 Å². The van der Waals surface area contributed by atoms with Crippen LogP contribution in [-0.2, 0) is 6.54 Å². The van der Waals surface area contributed by atoms with Gasteiger partial charge in [-0.2, -0.15) is 0 Å². The number of rotatable bonds is 4. The van der Waals surface area contributed by atoms with Gasteiger partial charge in [0.15, 0.2) is 0 Å². The Hall–Kier alpha value is -1.46. The quantitative estimate of drug-likeness (QED) is 0.600. The van der Waals surface area contributed by atoms with E-state index < -0.39 is 0 Å². The molecule has 0 aliphatic carbocycles. The van der Waals surface area contributed by atoms with E-state index in [0.717, 1.165) is 19.6 Å². The Morgan fingerprint density at radius 3 is 3.00 bits per heavy atom. The molecule has 0 aromatic carbocycles. The fourth-order valence-electron chi connectivity index (χ4n) is 2.36. The van der Waals surface area contributed by atoms with Crippen molar-refractivity contribution in [2.24, 2.45) is 5.73 Å². The molecule has 1 aliphatic rings. The largest absolute Gasteiger partial charge is 0.382 e. The molecule has 0 amide bonds. The van der Waals surface area contributed by atoms with Crippen molar-refractivity contribution >= 4 is 5.84 Å². The third kappa shape index (κ3) is 3.05. The smallest absolute Gasteiger partial charge is 0.141 e. The number of nitrogens with two attached hydrogens (primary N) is 1. The highest BCUT2D eigenvalue weighted by atomic mass is 15.2. The van der Waals surface area contributed by atoms with E-state index in [2.05, 4.69) is 28.9 Å². The highest BCUT2D eigenvalue weighted by molar-refractivity contribution is 5.93. The van der Waals surface area contributed by atoms with Crippen molar-refractivity contribution in [2.75, 3.05) is 27.2 Å². The molecule has 5 nitrogen and oxygen atoms in total. The van der Waals surface area contributed by atoms with Gasteiger partial charge in [0.1, 0.15) is 11.5 Å². The van der Waals surface area contributed by atoms with Crippen LogP contribution in [0.25, 0.3) is 0 Å². The monoisotopic (exact) mass is 247 g/mol. The topological polar surface area (TPSA) is 69.2 Å². The van der Waals surface area contributed by atoms with E-state index in [4.69, 9.17) is 11.1 Å². The van der Waals surface area contributed by atoms with Crippen molar-refractivity contribution in [3.8, 4) is 0 Å². The van der Waals surface area contributed by atoms with Crippen LogP contribution >= 0.6 is 0 Å². The first kappa shape index (κ1) is 13.0. The summed E-state index contributed by atoms with van der Waals surface area (Å²) in [5.74, 6) is 0.0319. The van der Waals surface area contributed by atoms with Gasteiger partial charge < -0.3 is 10.6 Å². The van der Waals surface area contributed by atoms with Crippen LogP contribution < -0.4 is 5.73 Å². The zero-order valence-corrected chi connectivity index (χ0v) is 11.1. The highest BCUT2D eigenvalue weighted by Crippen LogP contribution is 2.16. The number of likely N-dealkylation sites (N-methyl/N-ethyl adjacent to an activating group) is 1. The fourth-order valence-corrected chi connectivity index (χ4v) is 2.36. The number of pyridine rings is 1. The average molecular weight is 247 g/mol. The molecule has 2 rings (SSSR count). The second-order valence-corrected chi connectivity index (χ2v) is 5.10. The lowest BCUT2D eigenvalue weighted by Gasteiger charge is -2.20. The van der Waals surface area contributed by atoms with Gasteiger partial charge in [-0.05, 0) is 38.2 Å². The lowest BCUT2D eigenvalue weighted by atomic mass is 10.2. The van der Waals surface area contributed by atoms with Crippen molar-refractivity contribution in [2.45, 2.75) is 19.0 Å². The molecule has 5 heteroatoms. The highest BCUT2D eigenvalue weighted by Gasteiger charge is 2.23. The number of nitrogen functional groups attached to an aromatic ring is 1. The average Bonchev–Trinajstić information content (AvgIpc) is 2.78. The summed E-state index contributed by atoms with van der Waals surface area (Å²) in [7, 11) is 4.27. The van der Waals surface area contributed by atoms with Gasteiger partial charge in [-0.25, -0.2) is 0 Å². The summed E-state index contributed by atoms with van der Waals surface area (Å²) < 4.78 is 0. The number of likely N-dealkylation sites (tertiary alicyclic amines) is 1. The lowest BCUT2D eigenvalue weighted by Crippen LogP contribution is -2.31. The zero-order chi connectivity index (χ0) is 13.1. The summed E-state index contributed by atoms with van der Waals surface area (Å²) in [6.07, 6.45) is 2.95. The molecule has 0 spiro atoms. The Morgan fingerprint density at radius 2 is 2.39 bits per heavy atom. The maximum absolute atomic E-state index is 7.40. The predicted molar refractivity (Wildman–Crippen MR) is 72.6 cm³/mol. The molecule has 18 heavy (non-hydrogen) atoms. The van der Waals surface area contributed by atoms with Crippen LogP contribution in [-0.4, -0.2) is 53.8 Å². The van der Waals surface area contributed by atoms with Gasteiger partial charge in [0.2, 0.25) is 0 Å². The van der Waals surface area contributed by atoms with Crippen LogP contribution in [0.5, 0.6) is 0 Å². The Bertz CT molecular complexity index is 429. The summed E-state index contributed by atoms with van der Waals surface area (Å²) in [5.41, 5.74) is 7.19. The molecule has 1 saturated heterocycles. The minimum absolute atomic E-state index is 0.0319. The minimum Gasteiger partial charge on any atom is -0.382 e. The van der Waals surface area contributed by atoms with E-state index >= 15 is 0 Å². The Morgan fingerprint density at radius 1 is 1.61 bits per heavy atom. The van der Waals surface area contributed by atoms with Crippen molar-refractivity contribution in [1.82, 2.24) is 14.8 Å². The maximum atomic E-state index is 7.40. The van der Waals surface area contributed by atoms with Crippen molar-refractivity contribution < 1.29 is 0 Å². The molecule has 0 saturated carbocycles. The van der Waals surface area contributed by atoms with Crippen LogP contribution in [0.3, 0.4) is 0 Å². The first-order chi connectivity index (χ1) is 8.56. The molecule has 0 bridgehead atoms. The molecule has 1 unspecified atom stereocenters. The summed E-state index contributed by atoms with van der Waals surface area (Å²) in [4.78, 5) is 8.80. The van der Waals surface area contributed by atoms with Crippen LogP contribution in [0.1, 0.15) is 17.7 Å². The molecule has 1 atom stereocenters. The zero-order valence-electron chi connectivity index (χ0n) is 11.1. The molecule has 1 aromatic rings. The van der Waals surface area contributed by atoms with E-state index in [1.54, 1.807) is 6.20 Å². The molecule has 1 aromatic heterocycles. The summed E-state index contributed by atoms with van der Waals surface area (Å²) in [6, 6.07) is 4.56. The van der Waals surface area contributed by atoms with Gasteiger partial charge in [-0.1, -0.05) is 0 Å². The van der Waals surface area contributed by atoms with E-state index in [9.17, 15) is 0 Å². The van der Waals surface area contributed by atoms with Crippen molar-refractivity contribution in [1.29, 1.82) is 5.41 Å². The number of amidine groups is 1. The van der Waals surface area contributed by atoms with Gasteiger partial charge in [0.05, 0.1) is 0 Å². The van der Waals surface area contributed by atoms with Gasteiger partial charge in [-0.3, -0.25) is 15.3 Å². The van der Waals surface area contributed by atoms with Gasteiger partial charge >= 0.3 is 0 Å². The van der Waals surface area contributed by atoms with E-state index in [-0.39, 0.29) is 5.84 Å². The molecular formula is C13H21N5. The standard InChI is InChI=1S/C13H21N5/c1-17(2)11-4-6-18(9-11)8-10-3-5-16-12(7-10)13(14)15/h3,5,7,11H,4,6,8-9H2,1-2H3,(H3,14,15). The van der Waals surface area contributed by atoms with Crippen LogP contribution in [0.4, 0.5) is 0 Å². The van der Waals surface area contributed by atoms with Crippen molar-refractivity contribution in [3.05, 3.63) is 29.6 Å². The third-order valence-corrected chi connectivity index (χ3v) is 3.48. The first-order valence-electron chi connectivity index (χ1n) is 6.24. The molecular weight excluding hydrogens is 226 g/mol. The Balaban J connectivity index is 1.98. The first-order valence-corrected chi connectivity index (χ1v) is 6.24. The number of aromatic nitrogens is 1. The van der Waals surface area contributed by atoms with Gasteiger partial charge in [-0.15, -0.1) is 0 Å². The molecule has 2 heterocycles. The summed E-state index contributed by atoms with van der Waals surface area (Å²) >= 11 is 0. The van der Waals surface area contributed by atoms with Gasteiger partial charge in [0, 0.05) is 31.9 Å². The molecule has 1 fully saturated rings. The minimum atomic E-state index is 0.0319. The third-order valence-electron chi connectivity index (χ3n) is 3.48. The van der Waals surface area contributed by atoms with Crippen LogP contribution in [0, 0.1) is 5.41 Å². The van der Waals surface area contributed by atoms with E-state index in [1.165, 1.54) is 12.0 Å². The second kappa shape index (κ2) is 5.46. The number of hydrogen-bond donors (Lipinski definition) is 2. The van der Waals surface area contributed by atoms with Crippen LogP contribution in [0.2, 0.25) is 0 Å². The second-order valence-electron chi connectivity index (χ2n) is 5.10.